The van der Waals surface area contributed by atoms with Crippen LogP contribution in [-0.4, -0.2) is 38.7 Å². The molecule has 0 saturated carbocycles. The molecule has 2 aromatic carbocycles. The molecular weight excluding hydrogens is 416 g/mol. The first-order chi connectivity index (χ1) is 14.6. The van der Waals surface area contributed by atoms with Gasteiger partial charge in [-0.3, -0.25) is 14.5 Å². The van der Waals surface area contributed by atoms with Crippen molar-refractivity contribution in [3.63, 3.8) is 0 Å². The molecule has 0 fully saturated rings. The molecule has 4 aromatic rings. The largest absolute Gasteiger partial charge is 0.360 e. The maximum Gasteiger partial charge on any atom is 0.221 e. The lowest BCUT2D eigenvalue weighted by molar-refractivity contribution is -0.121. The Labute approximate surface area is 183 Å². The monoisotopic (exact) mass is 438 g/mol. The van der Waals surface area contributed by atoms with E-state index in [9.17, 15) is 4.79 Å². The fourth-order valence-corrected chi connectivity index (χ4v) is 4.27. The van der Waals surface area contributed by atoms with Crippen molar-refractivity contribution in [2.75, 3.05) is 18.4 Å². The van der Waals surface area contributed by atoms with E-state index in [4.69, 9.17) is 12.2 Å². The van der Waals surface area contributed by atoms with Gasteiger partial charge in [-0.1, -0.05) is 47.2 Å². The van der Waals surface area contributed by atoms with E-state index < -0.39 is 0 Å². The van der Waals surface area contributed by atoms with Crippen molar-refractivity contribution in [3.05, 3.63) is 58.9 Å². The van der Waals surface area contributed by atoms with Crippen LogP contribution in [-0.2, 0) is 11.3 Å². The van der Waals surface area contributed by atoms with Gasteiger partial charge in [-0.05, 0) is 37.3 Å². The Kier molecular flexibility index (Phi) is 6.20. The first-order valence-electron chi connectivity index (χ1n) is 9.68. The number of H-pyrrole nitrogens is 1. The number of aryl methyl sites for hydroxylation is 1. The SMILES string of the molecule is Cc1cccc(-c2n[nH]c(=S)n2CCC(=O)NCCNc2nc3ccccc3s2)c1. The molecule has 0 bridgehead atoms. The highest BCUT2D eigenvalue weighted by atomic mass is 32.1. The number of hydrogen-bond donors (Lipinski definition) is 3. The average molecular weight is 439 g/mol. The van der Waals surface area contributed by atoms with Gasteiger partial charge in [-0.25, -0.2) is 4.98 Å². The minimum Gasteiger partial charge on any atom is -0.360 e. The predicted molar refractivity (Wildman–Crippen MR) is 123 cm³/mol. The summed E-state index contributed by atoms with van der Waals surface area (Å²) < 4.78 is 3.52. The van der Waals surface area contributed by atoms with Gasteiger partial charge in [0, 0.05) is 31.6 Å². The van der Waals surface area contributed by atoms with E-state index in [1.54, 1.807) is 11.3 Å². The summed E-state index contributed by atoms with van der Waals surface area (Å²) in [7, 11) is 0. The molecule has 7 nitrogen and oxygen atoms in total. The van der Waals surface area contributed by atoms with Crippen LogP contribution in [0, 0.1) is 11.7 Å². The fourth-order valence-electron chi connectivity index (χ4n) is 3.15. The van der Waals surface area contributed by atoms with E-state index in [1.165, 1.54) is 0 Å². The average Bonchev–Trinajstić information content (AvgIpc) is 3.32. The molecule has 154 valence electrons. The molecule has 1 amide bonds. The summed E-state index contributed by atoms with van der Waals surface area (Å²) in [5, 5.41) is 14.2. The van der Waals surface area contributed by atoms with Gasteiger partial charge < -0.3 is 10.6 Å². The van der Waals surface area contributed by atoms with E-state index in [0.717, 1.165) is 32.3 Å². The third-order valence-electron chi connectivity index (χ3n) is 4.61. The lowest BCUT2D eigenvalue weighted by Gasteiger charge is -2.09. The summed E-state index contributed by atoms with van der Waals surface area (Å²) in [5.41, 5.74) is 3.10. The van der Waals surface area contributed by atoms with E-state index in [-0.39, 0.29) is 5.91 Å². The number of nitrogens with zero attached hydrogens (tertiary/aromatic N) is 3. The molecule has 0 saturated heterocycles. The van der Waals surface area contributed by atoms with Crippen molar-refractivity contribution in [3.8, 4) is 11.4 Å². The molecule has 0 aliphatic carbocycles. The van der Waals surface area contributed by atoms with E-state index >= 15 is 0 Å². The van der Waals surface area contributed by atoms with Gasteiger partial charge in [0.2, 0.25) is 5.91 Å². The minimum absolute atomic E-state index is 0.0283. The zero-order valence-electron chi connectivity index (χ0n) is 16.5. The van der Waals surface area contributed by atoms with Crippen molar-refractivity contribution >= 4 is 44.8 Å². The standard InChI is InChI=1S/C21H22N6OS2/c1-14-5-4-6-15(13-14)19-25-26-21(29)27(19)12-9-18(28)22-10-11-23-20-24-16-7-2-3-8-17(16)30-20/h2-8,13H,9-12H2,1H3,(H,22,28)(H,23,24)(H,26,29). The quantitative estimate of drug-likeness (QED) is 0.284. The van der Waals surface area contributed by atoms with Gasteiger partial charge >= 0.3 is 0 Å². The Morgan fingerprint density at radius 2 is 2.07 bits per heavy atom. The summed E-state index contributed by atoms with van der Waals surface area (Å²) in [6, 6.07) is 16.1. The highest BCUT2D eigenvalue weighted by molar-refractivity contribution is 7.71. The van der Waals surface area contributed by atoms with Gasteiger partial charge in [0.25, 0.3) is 0 Å². The first kappa shape index (κ1) is 20.2. The van der Waals surface area contributed by atoms with Crippen LogP contribution in [0.15, 0.2) is 48.5 Å². The molecule has 0 radical (unpaired) electrons. The van der Waals surface area contributed by atoms with Gasteiger partial charge in [-0.15, -0.1) is 0 Å². The lowest BCUT2D eigenvalue weighted by Crippen LogP contribution is -2.29. The maximum atomic E-state index is 12.3. The van der Waals surface area contributed by atoms with Crippen molar-refractivity contribution < 1.29 is 4.79 Å². The number of amides is 1. The minimum atomic E-state index is -0.0283. The lowest BCUT2D eigenvalue weighted by atomic mass is 10.1. The number of hydrogen-bond acceptors (Lipinski definition) is 6. The number of aromatic amines is 1. The molecule has 9 heteroatoms. The number of carbonyl (C=O) groups excluding carboxylic acids is 1. The predicted octanol–water partition coefficient (Wildman–Crippen LogP) is 4.14. The molecule has 0 atom stereocenters. The van der Waals surface area contributed by atoms with E-state index in [2.05, 4.69) is 31.9 Å². The normalized spacial score (nSPS) is 11.0. The molecule has 2 heterocycles. The number of fused-ring (bicyclic) bond motifs is 1. The molecule has 0 spiro atoms. The topological polar surface area (TPSA) is 87.6 Å². The fraction of sp³-hybridized carbons (Fsp3) is 0.238. The van der Waals surface area contributed by atoms with Crippen LogP contribution in [0.5, 0.6) is 0 Å². The van der Waals surface area contributed by atoms with E-state index in [1.807, 2.05) is 54.0 Å². The third-order valence-corrected chi connectivity index (χ3v) is 5.92. The number of aromatic nitrogens is 4. The Bertz CT molecular complexity index is 1190. The Hall–Kier alpha value is -3.04. The van der Waals surface area contributed by atoms with Gasteiger partial charge in [0.1, 0.15) is 0 Å². The van der Waals surface area contributed by atoms with Crippen LogP contribution in [0.4, 0.5) is 5.13 Å². The highest BCUT2D eigenvalue weighted by Crippen LogP contribution is 2.25. The number of carbonyl (C=O) groups is 1. The van der Waals surface area contributed by atoms with Crippen molar-refractivity contribution in [1.82, 2.24) is 25.1 Å². The zero-order chi connectivity index (χ0) is 20.9. The van der Waals surface area contributed by atoms with E-state index in [0.29, 0.717) is 30.8 Å². The van der Waals surface area contributed by atoms with Crippen LogP contribution >= 0.6 is 23.6 Å². The molecule has 4 rings (SSSR count). The summed E-state index contributed by atoms with van der Waals surface area (Å²) in [6.45, 7) is 3.64. The molecular formula is C21H22N6OS2. The molecule has 0 aliphatic rings. The summed E-state index contributed by atoms with van der Waals surface area (Å²) in [4.78, 5) is 16.8. The third kappa shape index (κ3) is 4.74. The molecule has 0 unspecified atom stereocenters. The van der Waals surface area contributed by atoms with Crippen LogP contribution < -0.4 is 10.6 Å². The second kappa shape index (κ2) is 9.19. The van der Waals surface area contributed by atoms with Gasteiger partial charge in [0.05, 0.1) is 10.2 Å². The molecule has 3 N–H and O–H groups in total. The highest BCUT2D eigenvalue weighted by Gasteiger charge is 2.11. The second-order valence-electron chi connectivity index (χ2n) is 6.89. The van der Waals surface area contributed by atoms with Gasteiger partial charge in [-0.2, -0.15) is 5.10 Å². The first-order valence-corrected chi connectivity index (χ1v) is 10.9. The van der Waals surface area contributed by atoms with Crippen LogP contribution in [0.25, 0.3) is 21.6 Å². The number of benzene rings is 2. The number of anilines is 1. The number of para-hydroxylation sites is 1. The molecule has 30 heavy (non-hydrogen) atoms. The molecule has 2 aromatic heterocycles. The Morgan fingerprint density at radius 1 is 1.20 bits per heavy atom. The number of nitrogens with one attached hydrogen (secondary N) is 3. The van der Waals surface area contributed by atoms with Crippen molar-refractivity contribution in [2.24, 2.45) is 0 Å². The van der Waals surface area contributed by atoms with Crippen LogP contribution in [0.3, 0.4) is 0 Å². The maximum absolute atomic E-state index is 12.3. The number of rotatable bonds is 8. The van der Waals surface area contributed by atoms with Crippen molar-refractivity contribution in [1.29, 1.82) is 0 Å². The van der Waals surface area contributed by atoms with Crippen molar-refractivity contribution in [2.45, 2.75) is 19.9 Å². The summed E-state index contributed by atoms with van der Waals surface area (Å²) in [6.07, 6.45) is 0.327. The second-order valence-corrected chi connectivity index (χ2v) is 8.30. The Balaban J connectivity index is 1.27. The summed E-state index contributed by atoms with van der Waals surface area (Å²) in [5.74, 6) is 0.716. The number of thiazole rings is 1. The zero-order valence-corrected chi connectivity index (χ0v) is 18.1. The van der Waals surface area contributed by atoms with Crippen LogP contribution in [0.1, 0.15) is 12.0 Å². The smallest absolute Gasteiger partial charge is 0.221 e. The van der Waals surface area contributed by atoms with Gasteiger partial charge in [0.15, 0.2) is 15.7 Å². The molecule has 0 aliphatic heterocycles. The summed E-state index contributed by atoms with van der Waals surface area (Å²) >= 11 is 6.95. The van der Waals surface area contributed by atoms with Crippen LogP contribution in [0.2, 0.25) is 0 Å². The Morgan fingerprint density at radius 3 is 2.90 bits per heavy atom.